The van der Waals surface area contributed by atoms with E-state index in [1.807, 2.05) is 62.4 Å². The Kier molecular flexibility index (Phi) is 11.9. The first-order valence-electron chi connectivity index (χ1n) is 22.7. The van der Waals surface area contributed by atoms with Crippen LogP contribution in [0.15, 0.2) is 73.1 Å². The number of benzene rings is 2. The second-order valence-electron chi connectivity index (χ2n) is 17.9. The number of carbonyl (C=O) groups is 2. The Hall–Kier alpha value is -4.88. The minimum absolute atomic E-state index is 0.0291. The summed E-state index contributed by atoms with van der Waals surface area (Å²) in [5, 5.41) is 5.94. The average molecular weight is 845 g/mol. The van der Waals surface area contributed by atoms with Gasteiger partial charge in [-0.1, -0.05) is 26.0 Å². The third-order valence-electron chi connectivity index (χ3n) is 15.0. The van der Waals surface area contributed by atoms with Crippen molar-refractivity contribution < 1.29 is 38.0 Å². The maximum absolute atomic E-state index is 12.9. The second kappa shape index (κ2) is 17.4. The van der Waals surface area contributed by atoms with E-state index in [4.69, 9.17) is 28.4 Å². The first-order chi connectivity index (χ1) is 30.1. The van der Waals surface area contributed by atoms with Gasteiger partial charge in [-0.25, -0.2) is 0 Å². The maximum Gasteiger partial charge on any atom is 0.255 e. The van der Waals surface area contributed by atoms with Gasteiger partial charge in [-0.15, -0.1) is 0 Å². The Morgan fingerprint density at radius 1 is 0.597 bits per heavy atom. The third-order valence-corrected chi connectivity index (χ3v) is 15.0. The molecule has 2 spiro atoms. The number of pyridine rings is 2. The number of fused-ring (bicyclic) bond motifs is 6. The van der Waals surface area contributed by atoms with Crippen LogP contribution in [-0.4, -0.2) is 73.0 Å². The molecule has 2 aliphatic carbocycles. The summed E-state index contributed by atoms with van der Waals surface area (Å²) < 4.78 is 36.6. The summed E-state index contributed by atoms with van der Waals surface area (Å²) >= 11 is 0. The molecule has 0 unspecified atom stereocenters. The van der Waals surface area contributed by atoms with E-state index in [0.29, 0.717) is 62.6 Å². The molecule has 12 nitrogen and oxygen atoms in total. The molecule has 2 N–H and O–H groups in total. The molecule has 62 heavy (non-hydrogen) atoms. The number of rotatable bonds is 6. The van der Waals surface area contributed by atoms with Gasteiger partial charge in [-0.2, -0.15) is 0 Å². The second-order valence-corrected chi connectivity index (χ2v) is 17.9. The molecule has 0 radical (unpaired) electrons. The number of nitrogens with zero attached hydrogens (tertiary/aromatic N) is 2. The molecule has 4 aromatic rings. The molecule has 12 heteroatoms. The molecule has 2 amide bonds. The molecule has 4 atom stereocenters. The smallest absolute Gasteiger partial charge is 0.255 e. The van der Waals surface area contributed by atoms with Crippen molar-refractivity contribution in [1.82, 2.24) is 9.97 Å². The zero-order valence-corrected chi connectivity index (χ0v) is 36.6. The summed E-state index contributed by atoms with van der Waals surface area (Å²) in [5.41, 5.74) is 6.74. The number of carbonyl (C=O) groups excluding carboxylic acids is 2. The molecule has 0 bridgehead atoms. The van der Waals surface area contributed by atoms with Crippen LogP contribution in [0, 0.1) is 25.7 Å². The van der Waals surface area contributed by atoms with Crippen molar-refractivity contribution in [3.8, 4) is 11.5 Å². The van der Waals surface area contributed by atoms with Crippen LogP contribution < -0.4 is 20.1 Å². The van der Waals surface area contributed by atoms with Crippen molar-refractivity contribution in [3.05, 3.63) is 107 Å². The van der Waals surface area contributed by atoms with E-state index >= 15 is 0 Å². The lowest BCUT2D eigenvalue weighted by atomic mass is 9.59. The van der Waals surface area contributed by atoms with E-state index in [9.17, 15) is 9.59 Å². The van der Waals surface area contributed by atoms with Gasteiger partial charge >= 0.3 is 0 Å². The summed E-state index contributed by atoms with van der Waals surface area (Å²) in [6, 6.07) is 19.2. The van der Waals surface area contributed by atoms with Gasteiger partial charge in [0.15, 0.2) is 11.6 Å². The highest BCUT2D eigenvalue weighted by Gasteiger charge is 2.55. The number of hydrogen-bond donors (Lipinski definition) is 2. The van der Waals surface area contributed by atoms with Crippen molar-refractivity contribution in [2.24, 2.45) is 11.8 Å². The molecular weight excluding hydrogens is 785 g/mol. The molecule has 4 aliphatic heterocycles. The highest BCUT2D eigenvalue weighted by Crippen LogP contribution is 2.57. The molecule has 6 heterocycles. The lowest BCUT2D eigenvalue weighted by molar-refractivity contribution is -0.199. The van der Waals surface area contributed by atoms with Gasteiger partial charge in [0.1, 0.15) is 11.5 Å². The number of aromatic nitrogens is 2. The van der Waals surface area contributed by atoms with Crippen molar-refractivity contribution in [2.75, 3.05) is 50.3 Å². The number of aryl methyl sites for hydroxylation is 2. The Balaban J connectivity index is 0.000000158. The number of amides is 2. The van der Waals surface area contributed by atoms with Gasteiger partial charge in [0.25, 0.3) is 11.8 Å². The summed E-state index contributed by atoms with van der Waals surface area (Å²) in [6.45, 7) is 12.3. The Morgan fingerprint density at radius 2 is 1.02 bits per heavy atom. The van der Waals surface area contributed by atoms with Crippen LogP contribution >= 0.6 is 0 Å². The Bertz CT molecular complexity index is 2130. The maximum atomic E-state index is 12.9. The molecule has 2 saturated heterocycles. The van der Waals surface area contributed by atoms with Gasteiger partial charge < -0.3 is 39.1 Å². The first kappa shape index (κ1) is 42.4. The molecule has 328 valence electrons. The summed E-state index contributed by atoms with van der Waals surface area (Å²) in [5.74, 6) is 1.43. The monoisotopic (exact) mass is 844 g/mol. The number of ether oxygens (including phenoxy) is 6. The fourth-order valence-corrected chi connectivity index (χ4v) is 11.5. The lowest BCUT2D eigenvalue weighted by Gasteiger charge is -2.49. The minimum atomic E-state index is -0.407. The molecule has 10 rings (SSSR count). The van der Waals surface area contributed by atoms with Crippen LogP contribution in [0.5, 0.6) is 11.5 Å². The molecule has 6 aliphatic rings. The van der Waals surface area contributed by atoms with E-state index in [1.165, 1.54) is 11.1 Å². The highest BCUT2D eigenvalue weighted by molar-refractivity contribution is 6.05. The van der Waals surface area contributed by atoms with Crippen LogP contribution in [0.25, 0.3) is 0 Å². The number of nitrogens with one attached hydrogen (secondary N) is 2. The average Bonchev–Trinajstić information content (AvgIpc) is 3.87. The molecule has 2 aromatic heterocycles. The van der Waals surface area contributed by atoms with Crippen LogP contribution in [0.2, 0.25) is 0 Å². The van der Waals surface area contributed by atoms with Crippen LogP contribution in [-0.2, 0) is 29.8 Å². The van der Waals surface area contributed by atoms with Crippen molar-refractivity contribution >= 4 is 23.2 Å². The summed E-state index contributed by atoms with van der Waals surface area (Å²) in [4.78, 5) is 34.3. The van der Waals surface area contributed by atoms with E-state index in [1.54, 1.807) is 12.4 Å². The fraction of sp³-hybridized carbons (Fsp3) is 0.520. The minimum Gasteiger partial charge on any atom is -0.493 e. The number of anilines is 2. The SMILES string of the molecule is CC[C@@]12CCC3(C[C@@H]1CCOc1cc(C(=O)Nc4cccnc4C)ccc12)OCCO3.CC[C@]12CCC3(C[C@H]1CCOc1cc(C(=O)Nc4cccnc4C)ccc12)OCCO3. The van der Waals surface area contributed by atoms with Crippen molar-refractivity contribution in [2.45, 2.75) is 114 Å². The first-order valence-corrected chi connectivity index (χ1v) is 22.7. The zero-order valence-electron chi connectivity index (χ0n) is 36.6. The van der Waals surface area contributed by atoms with E-state index in [2.05, 4.69) is 46.6 Å². The Labute approximate surface area is 364 Å². The molecule has 4 fully saturated rings. The largest absolute Gasteiger partial charge is 0.493 e. The fourth-order valence-electron chi connectivity index (χ4n) is 11.5. The Morgan fingerprint density at radius 3 is 1.40 bits per heavy atom. The summed E-state index contributed by atoms with van der Waals surface area (Å²) in [6.07, 6.45) is 13.1. The molecular formula is C50H60N4O8. The summed E-state index contributed by atoms with van der Waals surface area (Å²) in [7, 11) is 0. The normalized spacial score (nSPS) is 26.5. The van der Waals surface area contributed by atoms with Gasteiger partial charge in [-0.05, 0) is 113 Å². The quantitative estimate of drug-likeness (QED) is 0.193. The van der Waals surface area contributed by atoms with E-state index in [0.717, 1.165) is 98.5 Å². The predicted molar refractivity (Wildman–Crippen MR) is 235 cm³/mol. The van der Waals surface area contributed by atoms with Gasteiger partial charge in [0.2, 0.25) is 0 Å². The van der Waals surface area contributed by atoms with Crippen LogP contribution in [0.4, 0.5) is 11.4 Å². The molecule has 2 saturated carbocycles. The van der Waals surface area contributed by atoms with Gasteiger partial charge in [0, 0.05) is 71.2 Å². The van der Waals surface area contributed by atoms with Crippen LogP contribution in [0.1, 0.15) is 121 Å². The topological polar surface area (TPSA) is 139 Å². The van der Waals surface area contributed by atoms with E-state index < -0.39 is 11.6 Å². The van der Waals surface area contributed by atoms with Crippen molar-refractivity contribution in [1.29, 1.82) is 0 Å². The van der Waals surface area contributed by atoms with Crippen LogP contribution in [0.3, 0.4) is 0 Å². The zero-order chi connectivity index (χ0) is 43.0. The van der Waals surface area contributed by atoms with E-state index in [-0.39, 0.29) is 22.6 Å². The van der Waals surface area contributed by atoms with Gasteiger partial charge in [-0.3, -0.25) is 19.6 Å². The molecule has 2 aromatic carbocycles. The number of hydrogen-bond acceptors (Lipinski definition) is 10. The highest BCUT2D eigenvalue weighted by atomic mass is 16.7. The predicted octanol–water partition coefficient (Wildman–Crippen LogP) is 9.23. The van der Waals surface area contributed by atoms with Gasteiger partial charge in [0.05, 0.1) is 62.4 Å². The van der Waals surface area contributed by atoms with Crippen molar-refractivity contribution in [3.63, 3.8) is 0 Å². The standard InChI is InChI=1S/2C25H30N2O4/c2*1-3-24-9-10-25(30-13-14-31-25)16-19(24)8-12-29-22-15-18(6-7-20(22)24)23(28)27-21-5-4-11-26-17(21)2/h2*4-7,11,15,19H,3,8-10,12-14,16H2,1-2H3,(H,27,28)/t2*19-,24+/m10/s1. The third kappa shape index (κ3) is 7.88. The lowest BCUT2D eigenvalue weighted by Crippen LogP contribution is -2.48.